The van der Waals surface area contributed by atoms with Gasteiger partial charge in [-0.3, -0.25) is 19.9 Å². The van der Waals surface area contributed by atoms with E-state index in [1.165, 1.54) is 18.4 Å². The molecule has 0 spiro atoms. The third-order valence-electron chi connectivity index (χ3n) is 7.41. The number of rotatable bonds is 8. The lowest BCUT2D eigenvalue weighted by atomic mass is 9.92. The van der Waals surface area contributed by atoms with Gasteiger partial charge in [0.1, 0.15) is 21.3 Å². The Morgan fingerprint density at radius 2 is 1.78 bits per heavy atom. The molecule has 6 aromatic rings. The molecule has 0 radical (unpaired) electrons. The van der Waals surface area contributed by atoms with Gasteiger partial charge in [-0.15, -0.1) is 0 Å². The summed E-state index contributed by atoms with van der Waals surface area (Å²) in [5.41, 5.74) is 7.00. The minimum Gasteiger partial charge on any atom is -0.353 e. The third kappa shape index (κ3) is 6.93. The quantitative estimate of drug-likeness (QED) is 0.168. The number of carbonyl (C=O) groups is 1. The Kier molecular flexibility index (Phi) is 7.74. The molecule has 0 aliphatic carbocycles. The van der Waals surface area contributed by atoms with Crippen molar-refractivity contribution in [2.45, 2.75) is 33.6 Å². The van der Waals surface area contributed by atoms with Crippen LogP contribution in [0.5, 0.6) is 0 Å². The fraction of sp³-hybridized carbons (Fsp3) is 0.235. The van der Waals surface area contributed by atoms with E-state index in [0.717, 1.165) is 38.6 Å². The normalized spacial score (nSPS) is 12.2. The summed E-state index contributed by atoms with van der Waals surface area (Å²) in [5.74, 6) is -0.554. The molecule has 0 saturated heterocycles. The lowest BCUT2D eigenvalue weighted by Crippen LogP contribution is -2.19. The second kappa shape index (κ2) is 11.6. The molecule has 9 nitrogen and oxygen atoms in total. The summed E-state index contributed by atoms with van der Waals surface area (Å²) in [6, 6.07) is 16.2. The topological polar surface area (TPSA) is 133 Å². The van der Waals surface area contributed by atoms with Crippen molar-refractivity contribution >= 4 is 43.2 Å². The minimum atomic E-state index is -3.18. The van der Waals surface area contributed by atoms with E-state index in [9.17, 15) is 17.6 Å². The molecule has 0 atom stereocenters. The third-order valence-corrected chi connectivity index (χ3v) is 8.35. The van der Waals surface area contributed by atoms with Crippen LogP contribution in [0.3, 0.4) is 0 Å². The zero-order chi connectivity index (χ0) is 31.9. The standard InChI is InChI=1S/C34H33FN6O3S/c1-34(2,3)16-32(42)38-24-13-22(17-36-18-24)29-15-27-31(19-37-29)40-41-33(27)30-14-26-25(6-5-7-28(26)39-30)21-10-20(11-23(35)12-21)8-9-45(4,43)44/h5-7,10-15,17-19,39H,8-9,16H2,1-4H3,(H,38,42)(H,40,41). The van der Waals surface area contributed by atoms with Gasteiger partial charge < -0.3 is 10.3 Å². The lowest BCUT2D eigenvalue weighted by molar-refractivity contribution is -0.117. The second-order valence-electron chi connectivity index (χ2n) is 12.6. The van der Waals surface area contributed by atoms with Gasteiger partial charge in [0, 0.05) is 40.7 Å². The van der Waals surface area contributed by atoms with Gasteiger partial charge in [-0.2, -0.15) is 5.10 Å². The van der Waals surface area contributed by atoms with Gasteiger partial charge in [0.2, 0.25) is 5.91 Å². The smallest absolute Gasteiger partial charge is 0.224 e. The van der Waals surface area contributed by atoms with E-state index in [1.54, 1.807) is 18.6 Å². The van der Waals surface area contributed by atoms with E-state index in [-0.39, 0.29) is 23.5 Å². The van der Waals surface area contributed by atoms with E-state index in [0.29, 0.717) is 34.6 Å². The highest BCUT2D eigenvalue weighted by molar-refractivity contribution is 7.90. The predicted molar refractivity (Wildman–Crippen MR) is 176 cm³/mol. The molecule has 0 fully saturated rings. The summed E-state index contributed by atoms with van der Waals surface area (Å²) in [5, 5.41) is 12.3. The van der Waals surface area contributed by atoms with Gasteiger partial charge in [0.25, 0.3) is 0 Å². The second-order valence-corrected chi connectivity index (χ2v) is 14.9. The minimum absolute atomic E-state index is 0.0519. The zero-order valence-electron chi connectivity index (χ0n) is 25.4. The zero-order valence-corrected chi connectivity index (χ0v) is 26.2. The van der Waals surface area contributed by atoms with Crippen molar-refractivity contribution < 1.29 is 17.6 Å². The molecule has 2 aromatic carbocycles. The van der Waals surface area contributed by atoms with Crippen LogP contribution in [0.15, 0.2) is 73.2 Å². The van der Waals surface area contributed by atoms with E-state index >= 15 is 0 Å². The van der Waals surface area contributed by atoms with Crippen LogP contribution in [-0.4, -0.2) is 51.5 Å². The van der Waals surface area contributed by atoms with Crippen LogP contribution in [0.1, 0.15) is 32.8 Å². The monoisotopic (exact) mass is 624 g/mol. The number of carbonyl (C=O) groups excluding carboxylic acids is 1. The number of aromatic nitrogens is 5. The molecule has 11 heteroatoms. The maximum absolute atomic E-state index is 14.7. The molecule has 3 N–H and O–H groups in total. The first-order chi connectivity index (χ1) is 21.3. The number of halogens is 1. The average molecular weight is 625 g/mol. The number of sulfone groups is 1. The van der Waals surface area contributed by atoms with E-state index < -0.39 is 15.7 Å². The number of aryl methyl sites for hydroxylation is 1. The van der Waals surface area contributed by atoms with Crippen molar-refractivity contribution in [1.82, 2.24) is 25.1 Å². The van der Waals surface area contributed by atoms with Gasteiger partial charge in [0.15, 0.2) is 0 Å². The number of nitrogens with one attached hydrogen (secondary N) is 3. The molecule has 6 rings (SSSR count). The molecule has 1 amide bonds. The maximum Gasteiger partial charge on any atom is 0.224 e. The molecule has 230 valence electrons. The van der Waals surface area contributed by atoms with Crippen molar-refractivity contribution in [3.05, 3.63) is 84.6 Å². The number of hydrogen-bond acceptors (Lipinski definition) is 6. The summed E-state index contributed by atoms with van der Waals surface area (Å²) in [4.78, 5) is 24.9. The van der Waals surface area contributed by atoms with Gasteiger partial charge in [-0.05, 0) is 64.9 Å². The Morgan fingerprint density at radius 3 is 2.56 bits per heavy atom. The summed E-state index contributed by atoms with van der Waals surface area (Å²) in [7, 11) is -3.18. The molecule has 0 aliphatic rings. The highest BCUT2D eigenvalue weighted by atomic mass is 32.2. The van der Waals surface area contributed by atoms with E-state index in [1.807, 2.05) is 63.2 Å². The number of aromatic amines is 2. The Balaban J connectivity index is 1.34. The number of hydrogen-bond donors (Lipinski definition) is 3. The van der Waals surface area contributed by atoms with Crippen molar-refractivity contribution in [3.8, 4) is 33.8 Å². The number of fused-ring (bicyclic) bond motifs is 2. The van der Waals surface area contributed by atoms with Gasteiger partial charge in [-0.1, -0.05) is 39.0 Å². The number of pyridine rings is 2. The number of benzene rings is 2. The molecule has 0 unspecified atom stereocenters. The molecule has 4 heterocycles. The summed E-state index contributed by atoms with van der Waals surface area (Å²) in [6.45, 7) is 6.04. The van der Waals surface area contributed by atoms with Gasteiger partial charge in [0.05, 0.1) is 40.7 Å². The maximum atomic E-state index is 14.7. The first-order valence-electron chi connectivity index (χ1n) is 14.5. The Morgan fingerprint density at radius 1 is 0.956 bits per heavy atom. The summed E-state index contributed by atoms with van der Waals surface area (Å²) < 4.78 is 38.1. The van der Waals surface area contributed by atoms with Crippen LogP contribution >= 0.6 is 0 Å². The van der Waals surface area contributed by atoms with Crippen molar-refractivity contribution in [1.29, 1.82) is 0 Å². The highest BCUT2D eigenvalue weighted by Crippen LogP contribution is 2.35. The molecule has 45 heavy (non-hydrogen) atoms. The van der Waals surface area contributed by atoms with Crippen LogP contribution in [0.25, 0.3) is 55.6 Å². The average Bonchev–Trinajstić information content (AvgIpc) is 3.58. The Hall–Kier alpha value is -4.90. The number of anilines is 1. The van der Waals surface area contributed by atoms with Crippen LogP contribution in [-0.2, 0) is 21.1 Å². The molecule has 0 bridgehead atoms. The van der Waals surface area contributed by atoms with Gasteiger partial charge >= 0.3 is 0 Å². The molecule has 0 saturated carbocycles. The molecule has 4 aromatic heterocycles. The summed E-state index contributed by atoms with van der Waals surface area (Å²) in [6.07, 6.45) is 6.82. The van der Waals surface area contributed by atoms with Crippen LogP contribution < -0.4 is 5.32 Å². The first kappa shape index (κ1) is 30.1. The van der Waals surface area contributed by atoms with Crippen molar-refractivity contribution in [3.63, 3.8) is 0 Å². The van der Waals surface area contributed by atoms with Crippen molar-refractivity contribution in [2.24, 2.45) is 5.41 Å². The van der Waals surface area contributed by atoms with Crippen LogP contribution in [0.4, 0.5) is 10.1 Å². The summed E-state index contributed by atoms with van der Waals surface area (Å²) >= 11 is 0. The van der Waals surface area contributed by atoms with Crippen molar-refractivity contribution in [2.75, 3.05) is 17.3 Å². The molecular formula is C34H33FN6O3S. The fourth-order valence-electron chi connectivity index (χ4n) is 5.40. The van der Waals surface area contributed by atoms with Crippen LogP contribution in [0, 0.1) is 11.2 Å². The van der Waals surface area contributed by atoms with E-state index in [4.69, 9.17) is 0 Å². The predicted octanol–water partition coefficient (Wildman–Crippen LogP) is 6.94. The number of amides is 1. The number of nitrogens with zero attached hydrogens (tertiary/aromatic N) is 3. The fourth-order valence-corrected chi connectivity index (χ4v) is 6.01. The SMILES string of the molecule is CC(C)(C)CC(=O)Nc1cncc(-c2cc3c(-c4cc5c(-c6cc(F)cc(CCS(C)(=O)=O)c6)cccc5[nH]4)n[nH]c3cn2)c1. The van der Waals surface area contributed by atoms with E-state index in [2.05, 4.69) is 30.5 Å². The Bertz CT molecular complexity index is 2180. The molecule has 0 aliphatic heterocycles. The largest absolute Gasteiger partial charge is 0.353 e. The van der Waals surface area contributed by atoms with Gasteiger partial charge in [-0.25, -0.2) is 12.8 Å². The van der Waals surface area contributed by atoms with Crippen LogP contribution in [0.2, 0.25) is 0 Å². The highest BCUT2D eigenvalue weighted by Gasteiger charge is 2.18. The molecular weight excluding hydrogens is 591 g/mol. The number of H-pyrrole nitrogens is 2. The first-order valence-corrected chi connectivity index (χ1v) is 16.6. The Labute approximate surface area is 260 Å². The lowest BCUT2D eigenvalue weighted by Gasteiger charge is -2.17.